The lowest BCUT2D eigenvalue weighted by Gasteiger charge is -2.17. The highest BCUT2D eigenvalue weighted by Crippen LogP contribution is 2.24. The molecule has 0 unspecified atom stereocenters. The third kappa shape index (κ3) is 3.35. The van der Waals surface area contributed by atoms with Crippen LogP contribution in [0.5, 0.6) is 5.75 Å². The molecule has 1 aromatic carbocycles. The van der Waals surface area contributed by atoms with Gasteiger partial charge in [-0.05, 0) is 30.5 Å². The molecule has 1 atom stereocenters. The van der Waals surface area contributed by atoms with Gasteiger partial charge in [0.25, 0.3) is 0 Å². The second-order valence-corrected chi connectivity index (χ2v) is 5.81. The Labute approximate surface area is 124 Å². The summed E-state index contributed by atoms with van der Waals surface area (Å²) in [5.41, 5.74) is 1.05. The van der Waals surface area contributed by atoms with Crippen LogP contribution in [-0.4, -0.2) is 36.4 Å². The molecule has 1 N–H and O–H groups in total. The molecule has 1 aromatic rings. The molecule has 1 aliphatic heterocycles. The van der Waals surface area contributed by atoms with Crippen molar-refractivity contribution in [2.45, 2.75) is 31.8 Å². The second-order valence-electron chi connectivity index (χ2n) is 5.81. The van der Waals surface area contributed by atoms with Crippen molar-refractivity contribution < 1.29 is 14.3 Å². The van der Waals surface area contributed by atoms with E-state index in [0.717, 1.165) is 24.2 Å². The average molecular weight is 288 g/mol. The lowest BCUT2D eigenvalue weighted by atomic mass is 10.1. The molecule has 5 nitrogen and oxygen atoms in total. The standard InChI is InChI=1S/C16H20N2O3/c1-21-14-6-2-11(3-7-14)9-18-10-12(8-15(18)19)16(20)17-13-4-5-13/h2-3,6-7,12-13H,4-5,8-10H2,1H3,(H,17,20)/t12-/m1/s1. The predicted octanol–water partition coefficient (Wildman–Crippen LogP) is 1.32. The molecule has 1 heterocycles. The molecular formula is C16H20N2O3. The van der Waals surface area contributed by atoms with Crippen LogP contribution in [-0.2, 0) is 16.1 Å². The minimum atomic E-state index is -0.198. The normalized spacial score (nSPS) is 21.5. The van der Waals surface area contributed by atoms with Gasteiger partial charge in [-0.2, -0.15) is 0 Å². The van der Waals surface area contributed by atoms with Crippen LogP contribution in [0.1, 0.15) is 24.8 Å². The van der Waals surface area contributed by atoms with E-state index in [2.05, 4.69) is 5.32 Å². The summed E-state index contributed by atoms with van der Waals surface area (Å²) < 4.78 is 5.12. The highest BCUT2D eigenvalue weighted by Gasteiger charge is 2.36. The summed E-state index contributed by atoms with van der Waals surface area (Å²) in [6.45, 7) is 1.07. The van der Waals surface area contributed by atoms with Crippen molar-refractivity contribution in [3.05, 3.63) is 29.8 Å². The Bertz CT molecular complexity index is 537. The summed E-state index contributed by atoms with van der Waals surface area (Å²) in [5, 5.41) is 2.98. The number of rotatable bonds is 5. The molecule has 21 heavy (non-hydrogen) atoms. The van der Waals surface area contributed by atoms with E-state index in [4.69, 9.17) is 4.74 Å². The van der Waals surface area contributed by atoms with Crippen LogP contribution < -0.4 is 10.1 Å². The van der Waals surface area contributed by atoms with Crippen molar-refractivity contribution >= 4 is 11.8 Å². The maximum atomic E-state index is 12.0. The Morgan fingerprint density at radius 3 is 2.67 bits per heavy atom. The first-order valence-electron chi connectivity index (χ1n) is 7.37. The molecule has 112 valence electrons. The smallest absolute Gasteiger partial charge is 0.225 e. The summed E-state index contributed by atoms with van der Waals surface area (Å²) in [6, 6.07) is 8.01. The number of carbonyl (C=O) groups is 2. The lowest BCUT2D eigenvalue weighted by molar-refractivity contribution is -0.129. The largest absolute Gasteiger partial charge is 0.497 e. The molecule has 1 saturated carbocycles. The van der Waals surface area contributed by atoms with E-state index in [-0.39, 0.29) is 17.7 Å². The maximum absolute atomic E-state index is 12.0. The molecule has 3 rings (SSSR count). The van der Waals surface area contributed by atoms with Crippen LogP contribution >= 0.6 is 0 Å². The Kier molecular flexibility index (Phi) is 3.82. The number of methoxy groups -OCH3 is 1. The molecule has 0 spiro atoms. The van der Waals surface area contributed by atoms with E-state index in [1.54, 1.807) is 12.0 Å². The van der Waals surface area contributed by atoms with Gasteiger partial charge in [0.05, 0.1) is 13.0 Å². The highest BCUT2D eigenvalue weighted by molar-refractivity contribution is 5.89. The van der Waals surface area contributed by atoms with Crippen molar-refractivity contribution in [3.8, 4) is 5.75 Å². The topological polar surface area (TPSA) is 58.6 Å². The monoisotopic (exact) mass is 288 g/mol. The van der Waals surface area contributed by atoms with Gasteiger partial charge < -0.3 is 15.0 Å². The quantitative estimate of drug-likeness (QED) is 0.889. The lowest BCUT2D eigenvalue weighted by Crippen LogP contribution is -2.34. The molecular weight excluding hydrogens is 268 g/mol. The van der Waals surface area contributed by atoms with Crippen LogP contribution in [0, 0.1) is 5.92 Å². The van der Waals surface area contributed by atoms with Gasteiger partial charge in [0.1, 0.15) is 5.75 Å². The molecule has 0 bridgehead atoms. The molecule has 1 saturated heterocycles. The van der Waals surface area contributed by atoms with Crippen molar-refractivity contribution in [1.82, 2.24) is 10.2 Å². The fourth-order valence-electron chi connectivity index (χ4n) is 2.60. The van der Waals surface area contributed by atoms with Crippen LogP contribution in [0.25, 0.3) is 0 Å². The maximum Gasteiger partial charge on any atom is 0.225 e. The van der Waals surface area contributed by atoms with Crippen LogP contribution in [0.15, 0.2) is 24.3 Å². The molecule has 2 amide bonds. The number of benzene rings is 1. The summed E-state index contributed by atoms with van der Waals surface area (Å²) >= 11 is 0. The second kappa shape index (κ2) is 5.76. The van der Waals surface area contributed by atoms with E-state index in [1.165, 1.54) is 0 Å². The number of amides is 2. The molecule has 1 aliphatic carbocycles. The molecule has 0 radical (unpaired) electrons. The van der Waals surface area contributed by atoms with E-state index < -0.39 is 0 Å². The Hall–Kier alpha value is -2.04. The van der Waals surface area contributed by atoms with Gasteiger partial charge in [0.15, 0.2) is 0 Å². The first-order valence-corrected chi connectivity index (χ1v) is 7.37. The molecule has 5 heteroatoms. The van der Waals surface area contributed by atoms with Crippen LogP contribution in [0.3, 0.4) is 0 Å². The number of ether oxygens (including phenoxy) is 1. The van der Waals surface area contributed by atoms with Crippen molar-refractivity contribution in [2.75, 3.05) is 13.7 Å². The number of hydrogen-bond acceptors (Lipinski definition) is 3. The molecule has 2 aliphatic rings. The fourth-order valence-corrected chi connectivity index (χ4v) is 2.60. The summed E-state index contributed by atoms with van der Waals surface area (Å²) in [6.07, 6.45) is 2.47. The highest BCUT2D eigenvalue weighted by atomic mass is 16.5. The van der Waals surface area contributed by atoms with Crippen molar-refractivity contribution in [3.63, 3.8) is 0 Å². The Balaban J connectivity index is 1.57. The van der Waals surface area contributed by atoms with Crippen molar-refractivity contribution in [1.29, 1.82) is 0 Å². The summed E-state index contributed by atoms with van der Waals surface area (Å²) in [4.78, 5) is 25.8. The summed E-state index contributed by atoms with van der Waals surface area (Å²) in [7, 11) is 1.63. The number of carbonyl (C=O) groups excluding carboxylic acids is 2. The summed E-state index contributed by atoms with van der Waals surface area (Å²) in [5.74, 6) is 0.689. The zero-order valence-electron chi connectivity index (χ0n) is 12.2. The van der Waals surface area contributed by atoms with Crippen molar-refractivity contribution in [2.24, 2.45) is 5.92 Å². The Morgan fingerprint density at radius 2 is 2.05 bits per heavy atom. The van der Waals surface area contributed by atoms with E-state index in [9.17, 15) is 9.59 Å². The number of likely N-dealkylation sites (tertiary alicyclic amines) is 1. The number of hydrogen-bond donors (Lipinski definition) is 1. The van der Waals surface area contributed by atoms with Gasteiger partial charge in [-0.3, -0.25) is 9.59 Å². The first-order chi connectivity index (χ1) is 10.2. The van der Waals surface area contributed by atoms with Gasteiger partial charge in [0, 0.05) is 25.6 Å². The van der Waals surface area contributed by atoms with Gasteiger partial charge in [0.2, 0.25) is 11.8 Å². The SMILES string of the molecule is COc1ccc(CN2C[C@H](C(=O)NC3CC3)CC2=O)cc1. The van der Waals surface area contributed by atoms with Gasteiger partial charge in [-0.1, -0.05) is 12.1 Å². The zero-order chi connectivity index (χ0) is 14.8. The number of nitrogens with one attached hydrogen (secondary N) is 1. The molecule has 0 aromatic heterocycles. The van der Waals surface area contributed by atoms with E-state index >= 15 is 0 Å². The third-order valence-corrected chi connectivity index (χ3v) is 4.04. The van der Waals surface area contributed by atoms with Gasteiger partial charge in [-0.25, -0.2) is 0 Å². The third-order valence-electron chi connectivity index (χ3n) is 4.04. The van der Waals surface area contributed by atoms with Gasteiger partial charge in [-0.15, -0.1) is 0 Å². The minimum Gasteiger partial charge on any atom is -0.497 e. The van der Waals surface area contributed by atoms with E-state index in [1.807, 2.05) is 24.3 Å². The predicted molar refractivity (Wildman–Crippen MR) is 77.7 cm³/mol. The Morgan fingerprint density at radius 1 is 1.33 bits per heavy atom. The zero-order valence-corrected chi connectivity index (χ0v) is 12.2. The van der Waals surface area contributed by atoms with Gasteiger partial charge >= 0.3 is 0 Å². The van der Waals surface area contributed by atoms with E-state index in [0.29, 0.717) is 25.6 Å². The van der Waals surface area contributed by atoms with Crippen LogP contribution in [0.2, 0.25) is 0 Å². The first kappa shape index (κ1) is 13.9. The van der Waals surface area contributed by atoms with Crippen LogP contribution in [0.4, 0.5) is 0 Å². The minimum absolute atomic E-state index is 0.0306. The number of nitrogens with zero attached hydrogens (tertiary/aromatic N) is 1. The molecule has 2 fully saturated rings. The average Bonchev–Trinajstić information content (AvgIpc) is 3.23. The fraction of sp³-hybridized carbons (Fsp3) is 0.500.